The Hall–Kier alpha value is -3.28. The minimum atomic E-state index is -0.758. The molecule has 1 heterocycles. The van der Waals surface area contributed by atoms with Crippen molar-refractivity contribution in [2.75, 3.05) is 13.2 Å². The summed E-state index contributed by atoms with van der Waals surface area (Å²) in [5, 5.41) is 0.435. The highest BCUT2D eigenvalue weighted by molar-refractivity contribution is 5.83. The van der Waals surface area contributed by atoms with E-state index in [4.69, 9.17) is 18.6 Å². The summed E-state index contributed by atoms with van der Waals surface area (Å²) in [5.74, 6) is 0.737. The lowest BCUT2D eigenvalue weighted by molar-refractivity contribution is -0.150. The smallest absolute Gasteiger partial charge is 0.347 e. The molecule has 0 aliphatic carbocycles. The predicted molar refractivity (Wildman–Crippen MR) is 110 cm³/mol. The maximum Gasteiger partial charge on any atom is 0.347 e. The van der Waals surface area contributed by atoms with Gasteiger partial charge in [-0.15, -0.1) is 0 Å². The monoisotopic (exact) mass is 396 g/mol. The van der Waals surface area contributed by atoms with Crippen LogP contribution in [0.3, 0.4) is 0 Å². The summed E-state index contributed by atoms with van der Waals surface area (Å²) in [6.07, 6.45) is 1.61. The van der Waals surface area contributed by atoms with Crippen LogP contribution < -0.4 is 14.9 Å². The van der Waals surface area contributed by atoms with Crippen LogP contribution in [-0.2, 0) is 9.53 Å². The summed E-state index contributed by atoms with van der Waals surface area (Å²) in [6.45, 7) is 6.32. The van der Waals surface area contributed by atoms with Crippen LogP contribution in [0.15, 0.2) is 57.9 Å². The van der Waals surface area contributed by atoms with Crippen LogP contribution in [0.1, 0.15) is 27.2 Å². The van der Waals surface area contributed by atoms with Gasteiger partial charge in [-0.05, 0) is 50.1 Å². The summed E-state index contributed by atoms with van der Waals surface area (Å²) in [7, 11) is 0. The minimum absolute atomic E-state index is 0.140. The third kappa shape index (κ3) is 4.77. The second-order valence-corrected chi connectivity index (χ2v) is 6.52. The zero-order valence-electron chi connectivity index (χ0n) is 16.8. The normalized spacial score (nSPS) is 11.8. The van der Waals surface area contributed by atoms with Crippen molar-refractivity contribution >= 4 is 16.9 Å². The molecular formula is C23H24O6. The van der Waals surface area contributed by atoms with Crippen LogP contribution in [0.25, 0.3) is 22.1 Å². The highest BCUT2D eigenvalue weighted by atomic mass is 16.6. The molecule has 0 bridgehead atoms. The maximum atomic E-state index is 12.9. The van der Waals surface area contributed by atoms with Crippen molar-refractivity contribution in [2.24, 2.45) is 0 Å². The lowest BCUT2D eigenvalue weighted by Gasteiger charge is -2.13. The average molecular weight is 396 g/mol. The Bertz CT molecular complexity index is 1040. The predicted octanol–water partition coefficient (Wildman–Crippen LogP) is 4.58. The molecule has 0 amide bonds. The van der Waals surface area contributed by atoms with Crippen molar-refractivity contribution in [3.63, 3.8) is 0 Å². The van der Waals surface area contributed by atoms with E-state index in [0.717, 1.165) is 17.7 Å². The Labute approximate surface area is 169 Å². The first-order valence-electron chi connectivity index (χ1n) is 9.65. The number of rotatable bonds is 8. The number of esters is 1. The third-order valence-electron chi connectivity index (χ3n) is 4.32. The maximum absolute atomic E-state index is 12.9. The van der Waals surface area contributed by atoms with Gasteiger partial charge in [-0.25, -0.2) is 4.79 Å². The molecule has 1 aromatic heterocycles. The summed E-state index contributed by atoms with van der Waals surface area (Å²) < 4.78 is 21.8. The summed E-state index contributed by atoms with van der Waals surface area (Å²) >= 11 is 0. The van der Waals surface area contributed by atoms with Gasteiger partial charge in [0.25, 0.3) is 0 Å². The largest absolute Gasteiger partial charge is 0.494 e. The molecule has 0 spiro atoms. The number of carbonyl (C=O) groups excluding carboxylic acids is 1. The molecule has 152 valence electrons. The van der Waals surface area contributed by atoms with Crippen LogP contribution >= 0.6 is 0 Å². The quantitative estimate of drug-likeness (QED) is 0.519. The SMILES string of the molecule is CCCOc1ccc(-c2coc3cc(OC(C)C(=O)OCC)ccc3c2=O)cc1. The van der Waals surface area contributed by atoms with Crippen molar-refractivity contribution in [2.45, 2.75) is 33.3 Å². The molecule has 0 N–H and O–H groups in total. The molecule has 1 atom stereocenters. The fourth-order valence-electron chi connectivity index (χ4n) is 2.84. The van der Waals surface area contributed by atoms with E-state index in [1.165, 1.54) is 6.26 Å². The van der Waals surface area contributed by atoms with E-state index in [1.807, 2.05) is 31.2 Å². The Morgan fingerprint density at radius 2 is 1.79 bits per heavy atom. The van der Waals surface area contributed by atoms with E-state index in [0.29, 0.717) is 28.9 Å². The fraction of sp³-hybridized carbons (Fsp3) is 0.304. The van der Waals surface area contributed by atoms with E-state index in [2.05, 4.69) is 0 Å². The molecule has 0 fully saturated rings. The molecule has 6 nitrogen and oxygen atoms in total. The lowest BCUT2D eigenvalue weighted by Crippen LogP contribution is -2.26. The molecule has 0 aliphatic rings. The molecule has 6 heteroatoms. The number of fused-ring (bicyclic) bond motifs is 1. The highest BCUT2D eigenvalue weighted by Gasteiger charge is 2.17. The Morgan fingerprint density at radius 3 is 2.48 bits per heavy atom. The van der Waals surface area contributed by atoms with Gasteiger partial charge >= 0.3 is 5.97 Å². The molecule has 0 saturated heterocycles. The first-order chi connectivity index (χ1) is 14.0. The molecule has 29 heavy (non-hydrogen) atoms. The summed E-state index contributed by atoms with van der Waals surface area (Å²) in [5.41, 5.74) is 1.46. The van der Waals surface area contributed by atoms with Gasteiger partial charge in [0.1, 0.15) is 23.3 Å². The van der Waals surface area contributed by atoms with Crippen LogP contribution in [0.2, 0.25) is 0 Å². The zero-order valence-corrected chi connectivity index (χ0v) is 16.8. The number of hydrogen-bond donors (Lipinski definition) is 0. The Balaban J connectivity index is 1.85. The second-order valence-electron chi connectivity index (χ2n) is 6.52. The fourth-order valence-corrected chi connectivity index (χ4v) is 2.84. The van der Waals surface area contributed by atoms with Crippen LogP contribution in [0.4, 0.5) is 0 Å². The van der Waals surface area contributed by atoms with Gasteiger partial charge in [0, 0.05) is 6.07 Å². The van der Waals surface area contributed by atoms with Gasteiger partial charge < -0.3 is 18.6 Å². The van der Waals surface area contributed by atoms with Gasteiger partial charge in [0.05, 0.1) is 24.2 Å². The number of ether oxygens (including phenoxy) is 3. The summed E-state index contributed by atoms with van der Waals surface area (Å²) in [4.78, 5) is 24.6. The number of hydrogen-bond acceptors (Lipinski definition) is 6. The highest BCUT2D eigenvalue weighted by Crippen LogP contribution is 2.25. The molecule has 0 radical (unpaired) electrons. The average Bonchev–Trinajstić information content (AvgIpc) is 2.73. The van der Waals surface area contributed by atoms with Crippen LogP contribution in [0.5, 0.6) is 11.5 Å². The minimum Gasteiger partial charge on any atom is -0.494 e. The standard InChI is InChI=1S/C23H24O6/c1-4-12-27-17-8-6-16(7-9-17)20-14-28-21-13-18(10-11-19(21)22(20)24)29-15(3)23(25)26-5-2/h6-11,13-15H,4-5,12H2,1-3H3. The summed E-state index contributed by atoms with van der Waals surface area (Å²) in [6, 6.07) is 12.2. The number of benzene rings is 2. The molecule has 3 aromatic rings. The molecule has 3 rings (SSSR count). The molecule has 0 aliphatic heterocycles. The zero-order chi connectivity index (χ0) is 20.8. The lowest BCUT2D eigenvalue weighted by atomic mass is 10.1. The van der Waals surface area contributed by atoms with Gasteiger partial charge in [-0.3, -0.25) is 4.79 Å². The second kappa shape index (κ2) is 9.28. The Kier molecular flexibility index (Phi) is 6.54. The van der Waals surface area contributed by atoms with E-state index in [9.17, 15) is 9.59 Å². The molecule has 2 aromatic carbocycles. The first-order valence-corrected chi connectivity index (χ1v) is 9.65. The van der Waals surface area contributed by atoms with E-state index in [-0.39, 0.29) is 12.0 Å². The third-order valence-corrected chi connectivity index (χ3v) is 4.32. The topological polar surface area (TPSA) is 75.0 Å². The van der Waals surface area contributed by atoms with E-state index < -0.39 is 12.1 Å². The van der Waals surface area contributed by atoms with Gasteiger partial charge in [0.15, 0.2) is 11.5 Å². The van der Waals surface area contributed by atoms with Crippen LogP contribution in [0, 0.1) is 0 Å². The van der Waals surface area contributed by atoms with Crippen molar-refractivity contribution in [3.8, 4) is 22.6 Å². The van der Waals surface area contributed by atoms with Crippen molar-refractivity contribution < 1.29 is 23.4 Å². The van der Waals surface area contributed by atoms with Crippen molar-refractivity contribution in [1.82, 2.24) is 0 Å². The van der Waals surface area contributed by atoms with Crippen molar-refractivity contribution in [1.29, 1.82) is 0 Å². The Morgan fingerprint density at radius 1 is 1.07 bits per heavy atom. The van der Waals surface area contributed by atoms with Crippen LogP contribution in [-0.4, -0.2) is 25.3 Å². The van der Waals surface area contributed by atoms with Gasteiger partial charge in [-0.1, -0.05) is 19.1 Å². The molecule has 1 unspecified atom stereocenters. The molecule has 0 saturated carbocycles. The van der Waals surface area contributed by atoms with E-state index >= 15 is 0 Å². The molecular weight excluding hydrogens is 372 g/mol. The van der Waals surface area contributed by atoms with Gasteiger partial charge in [-0.2, -0.15) is 0 Å². The van der Waals surface area contributed by atoms with Crippen molar-refractivity contribution in [3.05, 3.63) is 59.0 Å². The van der Waals surface area contributed by atoms with E-state index in [1.54, 1.807) is 32.0 Å². The number of carbonyl (C=O) groups is 1. The van der Waals surface area contributed by atoms with Gasteiger partial charge in [0.2, 0.25) is 0 Å². The first kappa shape index (κ1) is 20.5.